The number of aromatic amines is 1. The molecular weight excluding hydrogens is 258 g/mol. The summed E-state index contributed by atoms with van der Waals surface area (Å²) in [4.78, 5) is 15.5. The highest BCUT2D eigenvalue weighted by Crippen LogP contribution is 2.12. The number of anilines is 1. The Bertz CT molecular complexity index is 524. The average molecular weight is 275 g/mol. The quantitative estimate of drug-likeness (QED) is 0.504. The maximum absolute atomic E-state index is 11.5. The van der Waals surface area contributed by atoms with E-state index < -0.39 is 0 Å². The minimum absolute atomic E-state index is 0.00771. The average Bonchev–Trinajstić information content (AvgIpc) is 2.96. The number of rotatable bonds is 7. The molecule has 0 aliphatic carbocycles. The monoisotopic (exact) mass is 275 g/mol. The van der Waals surface area contributed by atoms with E-state index in [4.69, 9.17) is 10.5 Å². The molecule has 0 fully saturated rings. The molecule has 2 aromatic rings. The fourth-order valence-corrected chi connectivity index (χ4v) is 1.60. The third-order valence-corrected chi connectivity index (χ3v) is 2.63. The molecule has 2 rings (SSSR count). The first-order valence-electron chi connectivity index (χ1n) is 6.33. The van der Waals surface area contributed by atoms with Gasteiger partial charge in [-0.3, -0.25) is 9.89 Å². The molecule has 0 atom stereocenters. The third kappa shape index (κ3) is 4.60. The van der Waals surface area contributed by atoms with Crippen molar-refractivity contribution in [2.45, 2.75) is 12.8 Å². The second-order valence-corrected chi connectivity index (χ2v) is 4.24. The van der Waals surface area contributed by atoms with E-state index in [9.17, 15) is 4.79 Å². The Hall–Kier alpha value is -2.57. The first-order valence-corrected chi connectivity index (χ1v) is 6.33. The molecule has 0 saturated heterocycles. The summed E-state index contributed by atoms with van der Waals surface area (Å²) in [6, 6.07) is 6.91. The molecule has 1 heterocycles. The van der Waals surface area contributed by atoms with Gasteiger partial charge in [-0.15, -0.1) is 0 Å². The van der Waals surface area contributed by atoms with E-state index in [0.717, 1.165) is 18.7 Å². The number of nitrogen functional groups attached to an aromatic ring is 1. The van der Waals surface area contributed by atoms with E-state index in [2.05, 4.69) is 20.5 Å². The van der Waals surface area contributed by atoms with Crippen LogP contribution in [0.5, 0.6) is 5.75 Å². The van der Waals surface area contributed by atoms with E-state index in [-0.39, 0.29) is 12.5 Å². The second-order valence-electron chi connectivity index (χ2n) is 4.24. The number of H-pyrrole nitrogens is 1. The fourth-order valence-electron chi connectivity index (χ4n) is 1.60. The molecule has 0 aliphatic heterocycles. The van der Waals surface area contributed by atoms with Crippen LogP contribution in [0, 0.1) is 0 Å². The van der Waals surface area contributed by atoms with Crippen LogP contribution in [0.4, 0.5) is 5.69 Å². The van der Waals surface area contributed by atoms with Crippen LogP contribution in [0.2, 0.25) is 0 Å². The lowest BCUT2D eigenvalue weighted by Crippen LogP contribution is -2.29. The van der Waals surface area contributed by atoms with Crippen LogP contribution in [-0.2, 0) is 11.2 Å². The summed E-state index contributed by atoms with van der Waals surface area (Å²) >= 11 is 0. The van der Waals surface area contributed by atoms with Gasteiger partial charge in [-0.1, -0.05) is 0 Å². The lowest BCUT2D eigenvalue weighted by molar-refractivity contribution is -0.123. The van der Waals surface area contributed by atoms with Gasteiger partial charge in [0.05, 0.1) is 0 Å². The van der Waals surface area contributed by atoms with Crippen LogP contribution in [-0.4, -0.2) is 34.2 Å². The number of benzene rings is 1. The van der Waals surface area contributed by atoms with Gasteiger partial charge in [-0.05, 0) is 30.7 Å². The standard InChI is InChI=1S/C13H17N5O2/c14-10-3-5-11(6-4-10)20-8-13(19)15-7-1-2-12-16-9-17-18-12/h3-6,9H,1-2,7-8,14H2,(H,15,19)(H,16,17,18). The first kappa shape index (κ1) is 13.9. The zero-order chi connectivity index (χ0) is 14.2. The Balaban J connectivity index is 1.59. The van der Waals surface area contributed by atoms with Gasteiger partial charge in [0.1, 0.15) is 17.9 Å². The molecule has 0 spiro atoms. The number of nitrogens with two attached hydrogens (primary N) is 1. The number of nitrogens with one attached hydrogen (secondary N) is 2. The lowest BCUT2D eigenvalue weighted by Gasteiger charge is -2.07. The minimum Gasteiger partial charge on any atom is -0.484 e. The van der Waals surface area contributed by atoms with E-state index in [1.165, 1.54) is 6.33 Å². The Labute approximate surface area is 116 Å². The van der Waals surface area contributed by atoms with Crippen molar-refractivity contribution in [2.75, 3.05) is 18.9 Å². The van der Waals surface area contributed by atoms with Gasteiger partial charge >= 0.3 is 0 Å². The molecule has 106 valence electrons. The number of carbonyl (C=O) groups excluding carboxylic acids is 1. The van der Waals surface area contributed by atoms with Gasteiger partial charge in [0, 0.05) is 18.7 Å². The molecule has 1 amide bonds. The highest BCUT2D eigenvalue weighted by Gasteiger charge is 2.02. The van der Waals surface area contributed by atoms with Crippen LogP contribution >= 0.6 is 0 Å². The summed E-state index contributed by atoms with van der Waals surface area (Å²) in [6.45, 7) is 0.566. The molecule has 1 aromatic heterocycles. The molecule has 0 aliphatic rings. The summed E-state index contributed by atoms with van der Waals surface area (Å²) in [5, 5.41) is 9.30. The molecule has 0 saturated carbocycles. The topological polar surface area (TPSA) is 106 Å². The highest BCUT2D eigenvalue weighted by atomic mass is 16.5. The third-order valence-electron chi connectivity index (χ3n) is 2.63. The summed E-state index contributed by atoms with van der Waals surface area (Å²) in [5.74, 6) is 1.28. The predicted molar refractivity (Wildman–Crippen MR) is 74.1 cm³/mol. The number of hydrogen-bond acceptors (Lipinski definition) is 5. The highest BCUT2D eigenvalue weighted by molar-refractivity contribution is 5.77. The Morgan fingerprint density at radius 2 is 2.15 bits per heavy atom. The molecule has 0 radical (unpaired) electrons. The summed E-state index contributed by atoms with van der Waals surface area (Å²) in [5.41, 5.74) is 6.22. The van der Waals surface area contributed by atoms with Gasteiger partial charge < -0.3 is 15.8 Å². The fraction of sp³-hybridized carbons (Fsp3) is 0.308. The number of aromatic nitrogens is 3. The smallest absolute Gasteiger partial charge is 0.257 e. The van der Waals surface area contributed by atoms with Crippen molar-refractivity contribution in [3.63, 3.8) is 0 Å². The Kier molecular flexibility index (Phi) is 4.94. The molecule has 4 N–H and O–H groups in total. The van der Waals surface area contributed by atoms with Crippen molar-refractivity contribution in [3.05, 3.63) is 36.4 Å². The van der Waals surface area contributed by atoms with E-state index in [1.807, 2.05) is 0 Å². The minimum atomic E-state index is -0.153. The number of hydrogen-bond donors (Lipinski definition) is 3. The van der Waals surface area contributed by atoms with Gasteiger partial charge in [-0.25, -0.2) is 4.98 Å². The predicted octanol–water partition coefficient (Wildman–Crippen LogP) is 0.515. The lowest BCUT2D eigenvalue weighted by atomic mass is 10.3. The van der Waals surface area contributed by atoms with Crippen LogP contribution in [0.15, 0.2) is 30.6 Å². The van der Waals surface area contributed by atoms with Gasteiger partial charge in [0.2, 0.25) is 0 Å². The molecule has 0 bridgehead atoms. The van der Waals surface area contributed by atoms with Gasteiger partial charge in [0.25, 0.3) is 5.91 Å². The van der Waals surface area contributed by atoms with Crippen LogP contribution in [0.25, 0.3) is 0 Å². The van der Waals surface area contributed by atoms with Crippen molar-refractivity contribution in [3.8, 4) is 5.75 Å². The zero-order valence-corrected chi connectivity index (χ0v) is 11.0. The van der Waals surface area contributed by atoms with Gasteiger partial charge in [-0.2, -0.15) is 5.10 Å². The second kappa shape index (κ2) is 7.13. The Morgan fingerprint density at radius 3 is 2.85 bits per heavy atom. The molecule has 0 unspecified atom stereocenters. The molecular formula is C13H17N5O2. The number of ether oxygens (including phenoxy) is 1. The van der Waals surface area contributed by atoms with Gasteiger partial charge in [0.15, 0.2) is 6.61 Å². The number of carbonyl (C=O) groups is 1. The van der Waals surface area contributed by atoms with Crippen molar-refractivity contribution in [2.24, 2.45) is 0 Å². The van der Waals surface area contributed by atoms with E-state index in [1.54, 1.807) is 24.3 Å². The normalized spacial score (nSPS) is 10.2. The zero-order valence-electron chi connectivity index (χ0n) is 11.0. The number of aryl methyl sites for hydroxylation is 1. The summed E-state index contributed by atoms with van der Waals surface area (Å²) in [7, 11) is 0. The van der Waals surface area contributed by atoms with Crippen LogP contribution in [0.3, 0.4) is 0 Å². The first-order chi connectivity index (χ1) is 9.74. The maximum Gasteiger partial charge on any atom is 0.257 e. The van der Waals surface area contributed by atoms with Crippen molar-refractivity contribution >= 4 is 11.6 Å². The number of amides is 1. The van der Waals surface area contributed by atoms with Crippen molar-refractivity contribution in [1.29, 1.82) is 0 Å². The van der Waals surface area contributed by atoms with Crippen LogP contribution in [0.1, 0.15) is 12.2 Å². The molecule has 7 nitrogen and oxygen atoms in total. The molecule has 1 aromatic carbocycles. The SMILES string of the molecule is Nc1ccc(OCC(=O)NCCCc2ncn[nH]2)cc1. The molecule has 20 heavy (non-hydrogen) atoms. The summed E-state index contributed by atoms with van der Waals surface area (Å²) < 4.78 is 5.33. The molecule has 7 heteroatoms. The number of nitrogens with zero attached hydrogens (tertiary/aromatic N) is 2. The van der Waals surface area contributed by atoms with Crippen molar-refractivity contribution in [1.82, 2.24) is 20.5 Å². The Morgan fingerprint density at radius 1 is 1.35 bits per heavy atom. The van der Waals surface area contributed by atoms with E-state index in [0.29, 0.717) is 18.0 Å². The van der Waals surface area contributed by atoms with Crippen molar-refractivity contribution < 1.29 is 9.53 Å². The maximum atomic E-state index is 11.5. The summed E-state index contributed by atoms with van der Waals surface area (Å²) in [6.07, 6.45) is 3.01. The van der Waals surface area contributed by atoms with E-state index >= 15 is 0 Å². The largest absolute Gasteiger partial charge is 0.484 e. The van der Waals surface area contributed by atoms with Crippen LogP contribution < -0.4 is 15.8 Å².